The van der Waals surface area contributed by atoms with E-state index < -0.39 is 23.6 Å². The highest BCUT2D eigenvalue weighted by molar-refractivity contribution is 14.1. The molecule has 5 nitrogen and oxygen atoms in total. The Balaban J connectivity index is 1.72. The van der Waals surface area contributed by atoms with Crippen molar-refractivity contribution in [3.05, 3.63) is 74.2 Å². The molecule has 1 amide bonds. The first kappa shape index (κ1) is 22.2. The average molecular weight is 526 g/mol. The van der Waals surface area contributed by atoms with Gasteiger partial charge in [0, 0.05) is 5.56 Å². The van der Waals surface area contributed by atoms with E-state index in [1.807, 2.05) is 18.2 Å². The zero-order chi connectivity index (χ0) is 22.0. The van der Waals surface area contributed by atoms with Gasteiger partial charge in [0.2, 0.25) is 0 Å². The highest BCUT2D eigenvalue weighted by Gasteiger charge is 2.19. The average Bonchev–Trinajstić information content (AvgIpc) is 3.16. The van der Waals surface area contributed by atoms with Gasteiger partial charge in [-0.15, -0.1) is 0 Å². The van der Waals surface area contributed by atoms with E-state index in [0.717, 1.165) is 9.13 Å². The lowest BCUT2D eigenvalue weighted by molar-refractivity contribution is 0.0934. The predicted molar refractivity (Wildman–Crippen MR) is 117 cm³/mol. The Labute approximate surface area is 187 Å². The molecule has 158 valence electrons. The lowest BCUT2D eigenvalue weighted by Crippen LogP contribution is -2.27. The van der Waals surface area contributed by atoms with Crippen molar-refractivity contribution in [1.82, 2.24) is 10.3 Å². The summed E-state index contributed by atoms with van der Waals surface area (Å²) in [5, 5.41) is 2.65. The Kier molecular flexibility index (Phi) is 6.74. The smallest absolute Gasteiger partial charge is 0.399 e. The summed E-state index contributed by atoms with van der Waals surface area (Å²) < 4.78 is 39.4. The fourth-order valence-corrected chi connectivity index (χ4v) is 3.17. The Morgan fingerprint density at radius 3 is 2.43 bits per heavy atom. The van der Waals surface area contributed by atoms with Crippen LogP contribution < -0.4 is 10.1 Å². The van der Waals surface area contributed by atoms with Crippen molar-refractivity contribution in [2.45, 2.75) is 39.7 Å². The van der Waals surface area contributed by atoms with Crippen LogP contribution in [0.25, 0.3) is 0 Å². The molecule has 1 atom stereocenters. The van der Waals surface area contributed by atoms with Crippen LogP contribution in [0.1, 0.15) is 59.9 Å². The summed E-state index contributed by atoms with van der Waals surface area (Å²) in [6.45, 7) is 7.13. The molecule has 3 rings (SSSR count). The number of halogens is 3. The zero-order valence-corrected chi connectivity index (χ0v) is 19.1. The normalized spacial score (nSPS) is 12.1. The summed E-state index contributed by atoms with van der Waals surface area (Å²) in [6.07, 6.45) is 1.10. The zero-order valence-electron chi connectivity index (χ0n) is 16.9. The number of carbonyl (C=O) groups excluding carboxylic acids is 1. The fraction of sp³-hybridized carbons (Fsp3) is 0.273. The van der Waals surface area contributed by atoms with Crippen molar-refractivity contribution in [1.29, 1.82) is 0 Å². The second-order valence-electron chi connectivity index (χ2n) is 7.25. The van der Waals surface area contributed by atoms with Gasteiger partial charge in [-0.05, 0) is 77.7 Å². The largest absolute Gasteiger partial charge is 0.416 e. The summed E-state index contributed by atoms with van der Waals surface area (Å²) in [5.41, 5.74) is 1.34. The number of carbonyl (C=O) groups is 1. The Morgan fingerprint density at radius 1 is 1.13 bits per heavy atom. The molecule has 1 N–H and O–H groups in total. The van der Waals surface area contributed by atoms with Crippen molar-refractivity contribution in [3.8, 4) is 11.8 Å². The molecule has 3 aromatic rings. The summed E-state index contributed by atoms with van der Waals surface area (Å²) in [6, 6.07) is 7.62. The van der Waals surface area contributed by atoms with Gasteiger partial charge in [-0.3, -0.25) is 4.79 Å². The van der Waals surface area contributed by atoms with Gasteiger partial charge in [0.25, 0.3) is 5.91 Å². The van der Waals surface area contributed by atoms with Crippen molar-refractivity contribution in [2.24, 2.45) is 0 Å². The maximum absolute atomic E-state index is 13.8. The van der Waals surface area contributed by atoms with Crippen LogP contribution in [0, 0.1) is 22.1 Å². The second-order valence-corrected chi connectivity index (χ2v) is 8.41. The molecule has 1 aromatic heterocycles. The molecule has 0 saturated heterocycles. The number of hydrogen-bond donors (Lipinski definition) is 1. The van der Waals surface area contributed by atoms with E-state index in [1.165, 1.54) is 25.3 Å². The van der Waals surface area contributed by atoms with E-state index >= 15 is 0 Å². The molecule has 0 saturated carbocycles. The van der Waals surface area contributed by atoms with E-state index in [4.69, 9.17) is 9.15 Å². The van der Waals surface area contributed by atoms with Gasteiger partial charge >= 0.3 is 6.08 Å². The van der Waals surface area contributed by atoms with Crippen LogP contribution in [0.2, 0.25) is 0 Å². The lowest BCUT2D eigenvalue weighted by atomic mass is 10.0. The first-order valence-electron chi connectivity index (χ1n) is 9.35. The van der Waals surface area contributed by atoms with Crippen LogP contribution in [-0.2, 0) is 0 Å². The molecule has 0 aliphatic rings. The standard InChI is InChI=1S/C22H21F2IN2O3/c1-11(2)14-5-6-18(25)20(9-14)30-22-27-19(10-29-22)21(28)26-13(4)15-7-16(23)12(3)17(24)8-15/h5-11,13H,1-4H3,(H,26,28)/t13-/m1/s1. The molecular weight excluding hydrogens is 505 g/mol. The first-order valence-corrected chi connectivity index (χ1v) is 10.4. The molecule has 30 heavy (non-hydrogen) atoms. The van der Waals surface area contributed by atoms with Gasteiger partial charge in [-0.2, -0.15) is 4.98 Å². The maximum atomic E-state index is 13.8. The molecule has 0 bridgehead atoms. The van der Waals surface area contributed by atoms with Crippen LogP contribution in [0.4, 0.5) is 8.78 Å². The maximum Gasteiger partial charge on any atom is 0.399 e. The van der Waals surface area contributed by atoms with Gasteiger partial charge in [-0.25, -0.2) is 8.78 Å². The van der Waals surface area contributed by atoms with Crippen LogP contribution in [-0.4, -0.2) is 10.9 Å². The lowest BCUT2D eigenvalue weighted by Gasteiger charge is -2.14. The van der Waals surface area contributed by atoms with E-state index in [-0.39, 0.29) is 17.3 Å². The van der Waals surface area contributed by atoms with Crippen LogP contribution in [0.3, 0.4) is 0 Å². The highest BCUT2D eigenvalue weighted by Crippen LogP contribution is 2.30. The van der Waals surface area contributed by atoms with Gasteiger partial charge in [0.05, 0.1) is 9.61 Å². The molecule has 8 heteroatoms. The van der Waals surface area contributed by atoms with Gasteiger partial charge in [-0.1, -0.05) is 19.9 Å². The molecule has 0 radical (unpaired) electrons. The Morgan fingerprint density at radius 2 is 1.80 bits per heavy atom. The number of benzene rings is 2. The number of hydrogen-bond acceptors (Lipinski definition) is 4. The monoisotopic (exact) mass is 526 g/mol. The van der Waals surface area contributed by atoms with Crippen LogP contribution in [0.5, 0.6) is 11.8 Å². The van der Waals surface area contributed by atoms with Crippen molar-refractivity contribution >= 4 is 28.5 Å². The van der Waals surface area contributed by atoms with Crippen LogP contribution >= 0.6 is 22.6 Å². The topological polar surface area (TPSA) is 64.4 Å². The van der Waals surface area contributed by atoms with Crippen molar-refractivity contribution < 1.29 is 22.7 Å². The quantitative estimate of drug-likeness (QED) is 0.385. The minimum absolute atomic E-state index is 0.0000668. The minimum atomic E-state index is -0.665. The van der Waals surface area contributed by atoms with E-state index in [2.05, 4.69) is 46.7 Å². The number of nitrogens with one attached hydrogen (secondary N) is 1. The molecule has 0 fully saturated rings. The Hall–Kier alpha value is -2.49. The molecule has 2 aromatic carbocycles. The van der Waals surface area contributed by atoms with E-state index in [9.17, 15) is 13.6 Å². The second kappa shape index (κ2) is 9.11. The Bertz CT molecular complexity index is 1060. The number of rotatable bonds is 6. The molecule has 0 aliphatic carbocycles. The first-order chi connectivity index (χ1) is 14.2. The number of ether oxygens (including phenoxy) is 1. The summed E-state index contributed by atoms with van der Waals surface area (Å²) in [4.78, 5) is 16.5. The summed E-state index contributed by atoms with van der Waals surface area (Å²) >= 11 is 2.14. The van der Waals surface area contributed by atoms with Crippen LogP contribution in [0.15, 0.2) is 41.0 Å². The minimum Gasteiger partial charge on any atom is -0.416 e. The summed E-state index contributed by atoms with van der Waals surface area (Å²) in [7, 11) is 0. The van der Waals surface area contributed by atoms with Gasteiger partial charge in [0.1, 0.15) is 23.6 Å². The highest BCUT2D eigenvalue weighted by atomic mass is 127. The number of nitrogens with zero attached hydrogens (tertiary/aromatic N) is 1. The molecule has 0 aliphatic heterocycles. The number of oxazole rings is 1. The number of amides is 1. The van der Waals surface area contributed by atoms with E-state index in [0.29, 0.717) is 17.2 Å². The third-order valence-electron chi connectivity index (χ3n) is 4.69. The van der Waals surface area contributed by atoms with Gasteiger partial charge < -0.3 is 14.5 Å². The van der Waals surface area contributed by atoms with E-state index in [1.54, 1.807) is 6.92 Å². The molecule has 0 unspecified atom stereocenters. The van der Waals surface area contributed by atoms with Crippen molar-refractivity contribution in [2.75, 3.05) is 0 Å². The third-order valence-corrected chi connectivity index (χ3v) is 5.58. The van der Waals surface area contributed by atoms with Crippen molar-refractivity contribution in [3.63, 3.8) is 0 Å². The fourth-order valence-electron chi connectivity index (χ4n) is 2.73. The predicted octanol–water partition coefficient (Wildman–Crippen LogP) is 6.27. The number of aromatic nitrogens is 1. The molecule has 1 heterocycles. The third kappa shape index (κ3) is 4.97. The molecule has 0 spiro atoms. The van der Waals surface area contributed by atoms with Gasteiger partial charge in [0.15, 0.2) is 5.69 Å². The SMILES string of the molecule is Cc1c(F)cc([C@@H](C)NC(=O)c2coc(Oc3cc(C(C)C)ccc3I)n2)cc1F. The summed E-state index contributed by atoms with van der Waals surface area (Å²) in [5.74, 6) is -0.973. The molecular formula is C22H21F2IN2O3.